The summed E-state index contributed by atoms with van der Waals surface area (Å²) in [6.45, 7) is 10.0. The number of amides is 5. The minimum absolute atomic E-state index is 0.0460. The standard InChI is InChI=1S/C34H46BrClN6O3/c1-3-40(17-9-16-39-14-7-4-8-15-39)32(43)30(22-25-20-24(2)31(36)28(35)21-25)38-33(44)41-18-12-27(13-19-41)42-23-26-10-5-6-11-29(26)37-34(42)45/h5-6,10-11,20-21,27,30H,3-4,7-9,12-19,22-23H2,1-2H3,(H,37,45)(H,38,44). The van der Waals surface area contributed by atoms with E-state index in [0.29, 0.717) is 57.0 Å². The van der Waals surface area contributed by atoms with Crippen LogP contribution in [0.1, 0.15) is 62.1 Å². The molecular weight excluding hydrogens is 656 g/mol. The van der Waals surface area contributed by atoms with Crippen LogP contribution in [0.4, 0.5) is 15.3 Å². The Hall–Kier alpha value is -2.82. The number of likely N-dealkylation sites (N-methyl/N-ethyl adjacent to an activating group) is 1. The first kappa shape index (κ1) is 33.5. The Morgan fingerprint density at radius 1 is 1.11 bits per heavy atom. The maximum absolute atomic E-state index is 14.0. The molecule has 45 heavy (non-hydrogen) atoms. The molecule has 0 aromatic heterocycles. The number of hydrogen-bond donors (Lipinski definition) is 2. The summed E-state index contributed by atoms with van der Waals surface area (Å²) in [5.41, 5.74) is 3.81. The van der Waals surface area contributed by atoms with Gasteiger partial charge in [0.1, 0.15) is 6.04 Å². The average molecular weight is 702 g/mol. The Balaban J connectivity index is 1.22. The molecule has 2 aromatic rings. The number of nitrogens with zero attached hydrogens (tertiary/aromatic N) is 4. The Bertz CT molecular complexity index is 1340. The quantitative estimate of drug-likeness (QED) is 0.306. The van der Waals surface area contributed by atoms with Crippen molar-refractivity contribution in [3.63, 3.8) is 0 Å². The second kappa shape index (κ2) is 15.6. The maximum Gasteiger partial charge on any atom is 0.322 e. The molecule has 1 unspecified atom stereocenters. The van der Waals surface area contributed by atoms with Crippen LogP contribution in [0.2, 0.25) is 5.02 Å². The van der Waals surface area contributed by atoms with Gasteiger partial charge < -0.3 is 30.2 Å². The third kappa shape index (κ3) is 8.51. The van der Waals surface area contributed by atoms with E-state index in [4.69, 9.17) is 11.6 Å². The molecule has 3 aliphatic rings. The van der Waals surface area contributed by atoms with Gasteiger partial charge in [-0.3, -0.25) is 4.79 Å². The first-order chi connectivity index (χ1) is 21.7. The SMILES string of the molecule is CCN(CCCN1CCCCC1)C(=O)C(Cc1cc(C)c(Cl)c(Br)c1)NC(=O)N1CCC(N2Cc3ccccc3NC2=O)CC1. The number of aryl methyl sites for hydroxylation is 1. The van der Waals surface area contributed by atoms with E-state index >= 15 is 0 Å². The highest BCUT2D eigenvalue weighted by molar-refractivity contribution is 9.10. The zero-order valence-corrected chi connectivity index (χ0v) is 28.8. The van der Waals surface area contributed by atoms with Crippen molar-refractivity contribution < 1.29 is 14.4 Å². The second-order valence-corrected chi connectivity index (χ2v) is 13.8. The van der Waals surface area contributed by atoms with Crippen molar-refractivity contribution in [2.75, 3.05) is 51.1 Å². The van der Waals surface area contributed by atoms with E-state index in [-0.39, 0.29) is 24.0 Å². The minimum Gasteiger partial charge on any atom is -0.341 e. The van der Waals surface area contributed by atoms with Crippen LogP contribution >= 0.6 is 27.5 Å². The van der Waals surface area contributed by atoms with Crippen molar-refractivity contribution in [2.45, 2.75) is 77.4 Å². The molecule has 0 saturated carbocycles. The number of hydrogen-bond acceptors (Lipinski definition) is 4. The molecule has 0 spiro atoms. The Morgan fingerprint density at radius 2 is 1.84 bits per heavy atom. The lowest BCUT2D eigenvalue weighted by molar-refractivity contribution is -0.133. The largest absolute Gasteiger partial charge is 0.341 e. The summed E-state index contributed by atoms with van der Waals surface area (Å²) in [5.74, 6) is -0.0632. The van der Waals surface area contributed by atoms with Gasteiger partial charge in [0.05, 0.1) is 5.02 Å². The van der Waals surface area contributed by atoms with Crippen LogP contribution in [0.25, 0.3) is 0 Å². The number of likely N-dealkylation sites (tertiary alicyclic amines) is 2. The summed E-state index contributed by atoms with van der Waals surface area (Å²) in [4.78, 5) is 48.5. The summed E-state index contributed by atoms with van der Waals surface area (Å²) in [7, 11) is 0. The van der Waals surface area contributed by atoms with E-state index in [1.807, 2.05) is 60.0 Å². The molecule has 0 radical (unpaired) electrons. The normalized spacial score (nSPS) is 18.3. The van der Waals surface area contributed by atoms with Crippen molar-refractivity contribution >= 4 is 51.2 Å². The summed E-state index contributed by atoms with van der Waals surface area (Å²) >= 11 is 9.94. The van der Waals surface area contributed by atoms with Gasteiger partial charge in [-0.15, -0.1) is 0 Å². The first-order valence-corrected chi connectivity index (χ1v) is 17.6. The van der Waals surface area contributed by atoms with Crippen molar-refractivity contribution in [3.05, 3.63) is 62.6 Å². The zero-order valence-electron chi connectivity index (χ0n) is 26.5. The molecule has 9 nitrogen and oxygen atoms in total. The van der Waals surface area contributed by atoms with Crippen LogP contribution in [0.15, 0.2) is 40.9 Å². The molecule has 2 fully saturated rings. The Morgan fingerprint density at radius 3 is 2.56 bits per heavy atom. The predicted octanol–water partition coefficient (Wildman–Crippen LogP) is 6.27. The predicted molar refractivity (Wildman–Crippen MR) is 183 cm³/mol. The summed E-state index contributed by atoms with van der Waals surface area (Å²) in [6, 6.07) is 10.8. The molecule has 0 bridgehead atoms. The number of benzene rings is 2. The Kier molecular flexibility index (Phi) is 11.7. The fourth-order valence-corrected chi connectivity index (χ4v) is 7.52. The number of piperidine rings is 2. The minimum atomic E-state index is -0.706. The highest BCUT2D eigenvalue weighted by Gasteiger charge is 2.34. The molecule has 2 N–H and O–H groups in total. The average Bonchev–Trinajstić information content (AvgIpc) is 3.05. The highest BCUT2D eigenvalue weighted by atomic mass is 79.9. The van der Waals surface area contributed by atoms with Gasteiger partial charge in [0.25, 0.3) is 0 Å². The monoisotopic (exact) mass is 700 g/mol. The first-order valence-electron chi connectivity index (χ1n) is 16.4. The lowest BCUT2D eigenvalue weighted by Crippen LogP contribution is -2.56. The molecule has 2 saturated heterocycles. The van der Waals surface area contributed by atoms with E-state index < -0.39 is 6.04 Å². The van der Waals surface area contributed by atoms with E-state index in [1.54, 1.807) is 4.90 Å². The summed E-state index contributed by atoms with van der Waals surface area (Å²) < 4.78 is 0.775. The number of carbonyl (C=O) groups is 3. The second-order valence-electron chi connectivity index (χ2n) is 12.5. The van der Waals surface area contributed by atoms with Gasteiger partial charge in [-0.05, 0) is 110 Å². The van der Waals surface area contributed by atoms with Crippen molar-refractivity contribution in [2.24, 2.45) is 0 Å². The van der Waals surface area contributed by atoms with E-state index in [1.165, 1.54) is 19.3 Å². The van der Waals surface area contributed by atoms with E-state index in [2.05, 4.69) is 31.5 Å². The lowest BCUT2D eigenvalue weighted by Gasteiger charge is -2.41. The number of para-hydroxylation sites is 1. The van der Waals surface area contributed by atoms with Crippen LogP contribution in [0, 0.1) is 6.92 Å². The van der Waals surface area contributed by atoms with Gasteiger partial charge in [0, 0.05) is 55.3 Å². The van der Waals surface area contributed by atoms with Crippen LogP contribution in [0.5, 0.6) is 0 Å². The summed E-state index contributed by atoms with van der Waals surface area (Å²) in [5, 5.41) is 6.75. The number of fused-ring (bicyclic) bond motifs is 1. The van der Waals surface area contributed by atoms with Crippen LogP contribution in [0.3, 0.4) is 0 Å². The lowest BCUT2D eigenvalue weighted by atomic mass is 10.0. The van der Waals surface area contributed by atoms with Crippen molar-refractivity contribution in [1.29, 1.82) is 0 Å². The zero-order chi connectivity index (χ0) is 31.9. The number of halogens is 2. The number of carbonyl (C=O) groups excluding carboxylic acids is 3. The van der Waals surface area contributed by atoms with E-state index in [0.717, 1.165) is 52.9 Å². The number of nitrogens with one attached hydrogen (secondary N) is 2. The molecule has 5 rings (SSSR count). The Labute approximate surface area is 280 Å². The van der Waals surface area contributed by atoms with Gasteiger partial charge in [0.15, 0.2) is 0 Å². The molecular formula is C34H46BrClN6O3. The molecule has 244 valence electrons. The van der Waals surface area contributed by atoms with E-state index in [9.17, 15) is 14.4 Å². The van der Waals surface area contributed by atoms with Crippen LogP contribution in [-0.4, -0.2) is 95.5 Å². The maximum atomic E-state index is 14.0. The van der Waals surface area contributed by atoms with Crippen molar-refractivity contribution in [3.8, 4) is 0 Å². The van der Waals surface area contributed by atoms with Crippen LogP contribution in [-0.2, 0) is 17.8 Å². The van der Waals surface area contributed by atoms with Crippen molar-refractivity contribution in [1.82, 2.24) is 24.9 Å². The topological polar surface area (TPSA) is 88.2 Å². The molecule has 5 amide bonds. The highest BCUT2D eigenvalue weighted by Crippen LogP contribution is 2.29. The number of rotatable bonds is 10. The molecule has 3 aliphatic heterocycles. The third-order valence-corrected chi connectivity index (χ3v) is 10.8. The smallest absolute Gasteiger partial charge is 0.322 e. The molecule has 11 heteroatoms. The van der Waals surface area contributed by atoms with Gasteiger partial charge in [-0.25, -0.2) is 9.59 Å². The van der Waals surface area contributed by atoms with Gasteiger partial charge in [-0.1, -0.05) is 42.3 Å². The fourth-order valence-electron chi connectivity index (χ4n) is 6.80. The van der Waals surface area contributed by atoms with Crippen LogP contribution < -0.4 is 10.6 Å². The van der Waals surface area contributed by atoms with Gasteiger partial charge in [-0.2, -0.15) is 0 Å². The molecule has 2 aromatic carbocycles. The van der Waals surface area contributed by atoms with Gasteiger partial charge in [0.2, 0.25) is 5.91 Å². The third-order valence-electron chi connectivity index (χ3n) is 9.40. The number of urea groups is 2. The fraction of sp³-hybridized carbons (Fsp3) is 0.559. The molecule has 1 atom stereocenters. The van der Waals surface area contributed by atoms with Gasteiger partial charge >= 0.3 is 12.1 Å². The molecule has 0 aliphatic carbocycles. The summed E-state index contributed by atoms with van der Waals surface area (Å²) in [6.07, 6.45) is 6.44. The number of anilines is 1. The molecule has 3 heterocycles.